The summed E-state index contributed by atoms with van der Waals surface area (Å²) in [5, 5.41) is 0. The summed E-state index contributed by atoms with van der Waals surface area (Å²) in [6.45, 7) is 12.4. The van der Waals surface area contributed by atoms with Crippen molar-refractivity contribution in [2.45, 2.75) is 58.5 Å². The Labute approximate surface area is 101 Å². The molecule has 0 amide bonds. The summed E-state index contributed by atoms with van der Waals surface area (Å²) in [4.78, 5) is 5.52. The lowest BCUT2D eigenvalue weighted by atomic mass is 9.97. The molecule has 94 valence electrons. The van der Waals surface area contributed by atoms with E-state index in [4.69, 9.17) is 0 Å². The molecule has 2 unspecified atom stereocenters. The van der Waals surface area contributed by atoms with Gasteiger partial charge < -0.3 is 0 Å². The molecular weight excluding hydrogens is 196 g/mol. The first kappa shape index (κ1) is 12.4. The van der Waals surface area contributed by atoms with Crippen LogP contribution in [0.5, 0.6) is 0 Å². The molecule has 0 radical (unpaired) electrons. The highest BCUT2D eigenvalue weighted by atomic mass is 15.3. The maximum atomic E-state index is 2.78. The van der Waals surface area contributed by atoms with Crippen LogP contribution >= 0.6 is 0 Å². The van der Waals surface area contributed by atoms with Gasteiger partial charge in [0.15, 0.2) is 0 Å². The molecule has 0 spiro atoms. The molecule has 2 rings (SSSR count). The Bertz CT molecular complexity index is 215. The zero-order valence-corrected chi connectivity index (χ0v) is 11.3. The van der Waals surface area contributed by atoms with Crippen molar-refractivity contribution >= 4 is 0 Å². The number of hydrogen-bond acceptors (Lipinski definition) is 2. The van der Waals surface area contributed by atoms with Crippen molar-refractivity contribution in [1.82, 2.24) is 9.80 Å². The third-order valence-corrected chi connectivity index (χ3v) is 4.40. The van der Waals surface area contributed by atoms with Crippen LogP contribution in [0.1, 0.15) is 46.5 Å². The van der Waals surface area contributed by atoms with E-state index in [-0.39, 0.29) is 0 Å². The predicted octanol–water partition coefficient (Wildman–Crippen LogP) is 2.59. The summed E-state index contributed by atoms with van der Waals surface area (Å²) in [6.07, 6.45) is 5.57. The first-order valence-electron chi connectivity index (χ1n) is 7.20. The average molecular weight is 224 g/mol. The van der Waals surface area contributed by atoms with Gasteiger partial charge in [0.05, 0.1) is 0 Å². The van der Waals surface area contributed by atoms with Crippen LogP contribution in [0.15, 0.2) is 0 Å². The minimum absolute atomic E-state index is 0.804. The fraction of sp³-hybridized carbons (Fsp3) is 1.00. The third kappa shape index (κ3) is 2.60. The molecule has 2 heteroatoms. The van der Waals surface area contributed by atoms with Crippen LogP contribution in [0.3, 0.4) is 0 Å². The molecule has 2 atom stereocenters. The van der Waals surface area contributed by atoms with Gasteiger partial charge in [0, 0.05) is 25.2 Å². The molecule has 0 aromatic carbocycles. The second kappa shape index (κ2) is 5.50. The van der Waals surface area contributed by atoms with Gasteiger partial charge in [0.25, 0.3) is 0 Å². The Morgan fingerprint density at radius 2 is 2.06 bits per heavy atom. The van der Waals surface area contributed by atoms with E-state index in [0.29, 0.717) is 0 Å². The summed E-state index contributed by atoms with van der Waals surface area (Å²) in [6, 6.07) is 1.69. The molecule has 2 nitrogen and oxygen atoms in total. The lowest BCUT2D eigenvalue weighted by Gasteiger charge is -2.45. The minimum Gasteiger partial charge on any atom is -0.298 e. The van der Waals surface area contributed by atoms with E-state index in [1.165, 1.54) is 51.9 Å². The maximum Gasteiger partial charge on any atom is 0.0246 e. The molecule has 2 aliphatic heterocycles. The lowest BCUT2D eigenvalue weighted by Crippen LogP contribution is -2.57. The van der Waals surface area contributed by atoms with Gasteiger partial charge in [-0.15, -0.1) is 0 Å². The topological polar surface area (TPSA) is 6.48 Å². The summed E-state index contributed by atoms with van der Waals surface area (Å²) in [7, 11) is 0. The van der Waals surface area contributed by atoms with E-state index in [0.717, 1.165) is 18.0 Å². The zero-order valence-electron chi connectivity index (χ0n) is 11.3. The fourth-order valence-corrected chi connectivity index (χ4v) is 3.35. The van der Waals surface area contributed by atoms with Gasteiger partial charge in [-0.1, -0.05) is 27.2 Å². The van der Waals surface area contributed by atoms with Crippen molar-refractivity contribution in [2.24, 2.45) is 5.92 Å². The van der Waals surface area contributed by atoms with Crippen molar-refractivity contribution in [1.29, 1.82) is 0 Å². The third-order valence-electron chi connectivity index (χ3n) is 4.40. The fourth-order valence-electron chi connectivity index (χ4n) is 3.35. The van der Waals surface area contributed by atoms with Crippen molar-refractivity contribution in [2.75, 3.05) is 26.2 Å². The van der Waals surface area contributed by atoms with Crippen LogP contribution in [-0.4, -0.2) is 48.1 Å². The molecule has 2 saturated heterocycles. The zero-order chi connectivity index (χ0) is 11.5. The first-order valence-corrected chi connectivity index (χ1v) is 7.20. The summed E-state index contributed by atoms with van der Waals surface area (Å²) in [5.74, 6) is 0.804. The van der Waals surface area contributed by atoms with E-state index >= 15 is 0 Å². The van der Waals surface area contributed by atoms with Crippen molar-refractivity contribution in [3.8, 4) is 0 Å². The van der Waals surface area contributed by atoms with Gasteiger partial charge in [-0.05, 0) is 38.3 Å². The number of hydrogen-bond donors (Lipinski definition) is 0. The highest BCUT2D eigenvalue weighted by molar-refractivity contribution is 4.93. The van der Waals surface area contributed by atoms with Crippen molar-refractivity contribution in [3.63, 3.8) is 0 Å². The number of nitrogens with zero attached hydrogens (tertiary/aromatic N) is 2. The molecule has 0 aliphatic carbocycles. The summed E-state index contributed by atoms with van der Waals surface area (Å²) in [5.41, 5.74) is 0. The quantitative estimate of drug-likeness (QED) is 0.724. The van der Waals surface area contributed by atoms with Gasteiger partial charge in [-0.25, -0.2) is 0 Å². The monoisotopic (exact) mass is 224 g/mol. The maximum absolute atomic E-state index is 2.78. The Balaban J connectivity index is 1.96. The van der Waals surface area contributed by atoms with Crippen molar-refractivity contribution in [3.05, 3.63) is 0 Å². The minimum atomic E-state index is 0.804. The van der Waals surface area contributed by atoms with E-state index in [1.54, 1.807) is 0 Å². The van der Waals surface area contributed by atoms with Gasteiger partial charge >= 0.3 is 0 Å². The normalized spacial score (nSPS) is 32.2. The number of fused-ring (bicyclic) bond motifs is 1. The molecule has 0 aromatic heterocycles. The smallest absolute Gasteiger partial charge is 0.0246 e. The van der Waals surface area contributed by atoms with Crippen LogP contribution in [0.4, 0.5) is 0 Å². The Kier molecular flexibility index (Phi) is 4.26. The molecular formula is C14H28N2. The highest BCUT2D eigenvalue weighted by Gasteiger charge is 2.36. The Morgan fingerprint density at radius 1 is 1.25 bits per heavy atom. The largest absolute Gasteiger partial charge is 0.298 e. The first-order chi connectivity index (χ1) is 7.72. The highest BCUT2D eigenvalue weighted by Crippen LogP contribution is 2.27. The second-order valence-electron chi connectivity index (χ2n) is 5.95. The molecule has 2 heterocycles. The Hall–Kier alpha value is -0.0800. The SMILES string of the molecule is CCCCN1CC2CCCN2CC1C(C)C. The van der Waals surface area contributed by atoms with Gasteiger partial charge in [0.1, 0.15) is 0 Å². The molecule has 0 saturated carbocycles. The van der Waals surface area contributed by atoms with Crippen LogP contribution in [0, 0.1) is 5.92 Å². The van der Waals surface area contributed by atoms with Gasteiger partial charge in [-0.3, -0.25) is 9.80 Å². The van der Waals surface area contributed by atoms with Crippen molar-refractivity contribution < 1.29 is 0 Å². The molecule has 2 aliphatic rings. The lowest BCUT2D eigenvalue weighted by molar-refractivity contribution is 0.0286. The van der Waals surface area contributed by atoms with E-state index in [1.807, 2.05) is 0 Å². The van der Waals surface area contributed by atoms with Gasteiger partial charge in [-0.2, -0.15) is 0 Å². The number of rotatable bonds is 4. The van der Waals surface area contributed by atoms with Crippen LogP contribution in [-0.2, 0) is 0 Å². The molecule has 0 aromatic rings. The average Bonchev–Trinajstić information content (AvgIpc) is 2.71. The van der Waals surface area contributed by atoms with E-state index < -0.39 is 0 Å². The number of piperazine rings is 1. The predicted molar refractivity (Wildman–Crippen MR) is 69.7 cm³/mol. The van der Waals surface area contributed by atoms with Crippen LogP contribution < -0.4 is 0 Å². The van der Waals surface area contributed by atoms with E-state index in [9.17, 15) is 0 Å². The van der Waals surface area contributed by atoms with Gasteiger partial charge in [0.2, 0.25) is 0 Å². The molecule has 2 fully saturated rings. The molecule has 0 bridgehead atoms. The summed E-state index contributed by atoms with van der Waals surface area (Å²) < 4.78 is 0. The Morgan fingerprint density at radius 3 is 2.75 bits per heavy atom. The molecule has 16 heavy (non-hydrogen) atoms. The van der Waals surface area contributed by atoms with E-state index in [2.05, 4.69) is 30.6 Å². The molecule has 0 N–H and O–H groups in total. The summed E-state index contributed by atoms with van der Waals surface area (Å²) >= 11 is 0. The van der Waals surface area contributed by atoms with Crippen LogP contribution in [0.2, 0.25) is 0 Å². The number of unbranched alkanes of at least 4 members (excludes halogenated alkanes) is 1. The van der Waals surface area contributed by atoms with Crippen LogP contribution in [0.25, 0.3) is 0 Å². The second-order valence-corrected chi connectivity index (χ2v) is 5.95. The standard InChI is InChI=1S/C14H28N2/c1-4-5-8-16-10-13-7-6-9-15(13)11-14(16)12(2)3/h12-14H,4-11H2,1-3H3.